The molecule has 0 spiro atoms. The van der Waals surface area contributed by atoms with Crippen molar-refractivity contribution in [2.45, 2.75) is 39.5 Å². The standard InChI is InChI=1S/C13H22N4/c1-9(2)12-16-10(3)6-11(17-12)15-8-13(7-14)4-5-13/h6,9H,4-5,7-8,14H2,1-3H3,(H,15,16,17). The molecule has 0 aromatic carbocycles. The van der Waals surface area contributed by atoms with Crippen molar-refractivity contribution in [3.05, 3.63) is 17.6 Å². The van der Waals surface area contributed by atoms with Gasteiger partial charge in [-0.1, -0.05) is 13.8 Å². The van der Waals surface area contributed by atoms with E-state index in [9.17, 15) is 0 Å². The molecule has 4 heteroatoms. The summed E-state index contributed by atoms with van der Waals surface area (Å²) in [4.78, 5) is 8.97. The summed E-state index contributed by atoms with van der Waals surface area (Å²) in [6, 6.07) is 2.00. The summed E-state index contributed by atoms with van der Waals surface area (Å²) in [6.07, 6.45) is 2.47. The molecule has 1 saturated carbocycles. The highest BCUT2D eigenvalue weighted by atomic mass is 15.0. The molecule has 1 aliphatic carbocycles. The lowest BCUT2D eigenvalue weighted by Gasteiger charge is -2.15. The Labute approximate surface area is 103 Å². The Morgan fingerprint density at radius 3 is 2.65 bits per heavy atom. The van der Waals surface area contributed by atoms with Crippen molar-refractivity contribution in [3.63, 3.8) is 0 Å². The van der Waals surface area contributed by atoms with Crippen LogP contribution in [-0.4, -0.2) is 23.1 Å². The highest BCUT2D eigenvalue weighted by Crippen LogP contribution is 2.44. The Kier molecular flexibility index (Phi) is 3.33. The largest absolute Gasteiger partial charge is 0.369 e. The van der Waals surface area contributed by atoms with Gasteiger partial charge in [0.05, 0.1) is 0 Å². The Morgan fingerprint density at radius 1 is 1.41 bits per heavy atom. The Bertz CT molecular complexity index is 396. The molecule has 1 aromatic heterocycles. The number of nitrogens with zero attached hydrogens (tertiary/aromatic N) is 2. The van der Waals surface area contributed by atoms with Crippen LogP contribution in [0.25, 0.3) is 0 Å². The van der Waals surface area contributed by atoms with Gasteiger partial charge in [-0.2, -0.15) is 0 Å². The van der Waals surface area contributed by atoms with Crippen molar-refractivity contribution in [2.75, 3.05) is 18.4 Å². The molecule has 4 nitrogen and oxygen atoms in total. The Hall–Kier alpha value is -1.16. The summed E-state index contributed by atoms with van der Waals surface area (Å²) >= 11 is 0. The highest BCUT2D eigenvalue weighted by Gasteiger charge is 2.40. The quantitative estimate of drug-likeness (QED) is 0.818. The van der Waals surface area contributed by atoms with Crippen molar-refractivity contribution in [1.29, 1.82) is 0 Å². The highest BCUT2D eigenvalue weighted by molar-refractivity contribution is 5.37. The maximum Gasteiger partial charge on any atom is 0.133 e. The monoisotopic (exact) mass is 234 g/mol. The fourth-order valence-electron chi connectivity index (χ4n) is 1.85. The van der Waals surface area contributed by atoms with E-state index >= 15 is 0 Å². The zero-order chi connectivity index (χ0) is 12.5. The van der Waals surface area contributed by atoms with E-state index < -0.39 is 0 Å². The van der Waals surface area contributed by atoms with Crippen molar-refractivity contribution in [3.8, 4) is 0 Å². The second-order valence-corrected chi connectivity index (χ2v) is 5.47. The van der Waals surface area contributed by atoms with Crippen LogP contribution in [0.15, 0.2) is 6.07 Å². The summed E-state index contributed by atoms with van der Waals surface area (Å²) in [6.45, 7) is 7.93. The molecule has 17 heavy (non-hydrogen) atoms. The maximum atomic E-state index is 5.77. The second kappa shape index (κ2) is 4.61. The minimum absolute atomic E-state index is 0.330. The second-order valence-electron chi connectivity index (χ2n) is 5.47. The van der Waals surface area contributed by atoms with Crippen LogP contribution < -0.4 is 11.1 Å². The molecule has 1 aliphatic rings. The molecular formula is C13H22N4. The van der Waals surface area contributed by atoms with Crippen LogP contribution in [0.3, 0.4) is 0 Å². The van der Waals surface area contributed by atoms with E-state index in [2.05, 4.69) is 29.1 Å². The van der Waals surface area contributed by atoms with Crippen LogP contribution in [0.1, 0.15) is 44.1 Å². The van der Waals surface area contributed by atoms with Crippen LogP contribution in [0.4, 0.5) is 5.82 Å². The summed E-state index contributed by atoms with van der Waals surface area (Å²) in [5.41, 5.74) is 7.12. The van der Waals surface area contributed by atoms with Crippen LogP contribution in [0.2, 0.25) is 0 Å². The Balaban J connectivity index is 2.05. The van der Waals surface area contributed by atoms with E-state index in [0.717, 1.165) is 30.4 Å². The van der Waals surface area contributed by atoms with E-state index in [-0.39, 0.29) is 0 Å². The number of rotatable bonds is 5. The molecule has 0 aliphatic heterocycles. The van der Waals surface area contributed by atoms with E-state index in [1.54, 1.807) is 0 Å². The van der Waals surface area contributed by atoms with Gasteiger partial charge in [0.25, 0.3) is 0 Å². The van der Waals surface area contributed by atoms with Crippen molar-refractivity contribution < 1.29 is 0 Å². The first-order chi connectivity index (χ1) is 8.04. The van der Waals surface area contributed by atoms with Gasteiger partial charge in [0.15, 0.2) is 0 Å². The lowest BCUT2D eigenvalue weighted by molar-refractivity contribution is 0.554. The molecule has 0 unspecified atom stereocenters. The molecule has 2 rings (SSSR count). The molecule has 94 valence electrons. The van der Waals surface area contributed by atoms with E-state index in [0.29, 0.717) is 11.3 Å². The zero-order valence-electron chi connectivity index (χ0n) is 11.0. The molecule has 1 fully saturated rings. The van der Waals surface area contributed by atoms with Gasteiger partial charge in [0, 0.05) is 24.2 Å². The average Bonchev–Trinajstić information content (AvgIpc) is 3.06. The number of nitrogens with two attached hydrogens (primary N) is 1. The maximum absolute atomic E-state index is 5.77. The predicted octanol–water partition coefficient (Wildman–Crippen LogP) is 2.06. The summed E-state index contributed by atoms with van der Waals surface area (Å²) in [5.74, 6) is 2.20. The molecule has 1 aromatic rings. The molecule has 0 radical (unpaired) electrons. The molecule has 3 N–H and O–H groups in total. The van der Waals surface area contributed by atoms with Crippen molar-refractivity contribution in [1.82, 2.24) is 9.97 Å². The van der Waals surface area contributed by atoms with Gasteiger partial charge < -0.3 is 11.1 Å². The van der Waals surface area contributed by atoms with Gasteiger partial charge >= 0.3 is 0 Å². The van der Waals surface area contributed by atoms with Gasteiger partial charge in [0.2, 0.25) is 0 Å². The van der Waals surface area contributed by atoms with E-state index in [1.807, 2.05) is 13.0 Å². The molecule has 1 heterocycles. The minimum Gasteiger partial charge on any atom is -0.369 e. The number of aromatic nitrogens is 2. The first-order valence-corrected chi connectivity index (χ1v) is 6.34. The average molecular weight is 234 g/mol. The summed E-state index contributed by atoms with van der Waals surface area (Å²) in [7, 11) is 0. The Morgan fingerprint density at radius 2 is 2.12 bits per heavy atom. The third-order valence-corrected chi connectivity index (χ3v) is 3.42. The van der Waals surface area contributed by atoms with Crippen LogP contribution >= 0.6 is 0 Å². The first-order valence-electron chi connectivity index (χ1n) is 6.34. The number of nitrogens with one attached hydrogen (secondary N) is 1. The van der Waals surface area contributed by atoms with Gasteiger partial charge in [0.1, 0.15) is 11.6 Å². The molecular weight excluding hydrogens is 212 g/mol. The lowest BCUT2D eigenvalue weighted by atomic mass is 10.1. The molecule has 0 amide bonds. The minimum atomic E-state index is 0.330. The van der Waals surface area contributed by atoms with Gasteiger partial charge in [-0.25, -0.2) is 9.97 Å². The van der Waals surface area contributed by atoms with Crippen LogP contribution in [-0.2, 0) is 0 Å². The lowest BCUT2D eigenvalue weighted by Crippen LogP contribution is -2.24. The van der Waals surface area contributed by atoms with Gasteiger partial charge in [-0.15, -0.1) is 0 Å². The van der Waals surface area contributed by atoms with Gasteiger partial charge in [-0.3, -0.25) is 0 Å². The third-order valence-electron chi connectivity index (χ3n) is 3.42. The zero-order valence-corrected chi connectivity index (χ0v) is 11.0. The SMILES string of the molecule is Cc1cc(NCC2(CN)CC2)nc(C(C)C)n1. The fraction of sp³-hybridized carbons (Fsp3) is 0.692. The third kappa shape index (κ3) is 2.94. The number of aryl methyl sites for hydroxylation is 1. The number of hydrogen-bond donors (Lipinski definition) is 2. The summed E-state index contributed by atoms with van der Waals surface area (Å²) < 4.78 is 0. The predicted molar refractivity (Wildman–Crippen MR) is 70.1 cm³/mol. The van der Waals surface area contributed by atoms with E-state index in [4.69, 9.17) is 5.73 Å². The van der Waals surface area contributed by atoms with Gasteiger partial charge in [-0.05, 0) is 31.7 Å². The van der Waals surface area contributed by atoms with Crippen molar-refractivity contribution in [2.24, 2.45) is 11.1 Å². The van der Waals surface area contributed by atoms with E-state index in [1.165, 1.54) is 12.8 Å². The number of hydrogen-bond acceptors (Lipinski definition) is 4. The smallest absolute Gasteiger partial charge is 0.133 e. The topological polar surface area (TPSA) is 63.8 Å². The van der Waals surface area contributed by atoms with Crippen molar-refractivity contribution >= 4 is 5.82 Å². The number of anilines is 1. The molecule has 0 saturated heterocycles. The molecule has 0 bridgehead atoms. The first kappa shape index (κ1) is 12.3. The fourth-order valence-corrected chi connectivity index (χ4v) is 1.85. The normalized spacial score (nSPS) is 17.2. The van der Waals surface area contributed by atoms with Crippen LogP contribution in [0.5, 0.6) is 0 Å². The van der Waals surface area contributed by atoms with Crippen LogP contribution in [0, 0.1) is 12.3 Å². The summed E-state index contributed by atoms with van der Waals surface area (Å²) in [5, 5.41) is 3.40. The molecule has 0 atom stereocenters.